The summed E-state index contributed by atoms with van der Waals surface area (Å²) in [5.74, 6) is -0.350. The van der Waals surface area contributed by atoms with Crippen LogP contribution in [0.3, 0.4) is 0 Å². The van der Waals surface area contributed by atoms with Crippen molar-refractivity contribution in [1.29, 1.82) is 0 Å². The number of halogens is 3. The summed E-state index contributed by atoms with van der Waals surface area (Å²) >= 11 is 0. The van der Waals surface area contributed by atoms with Crippen LogP contribution in [0.1, 0.15) is 41.4 Å². The lowest BCUT2D eigenvalue weighted by Gasteiger charge is -2.25. The molecule has 0 saturated heterocycles. The topological polar surface area (TPSA) is 68.9 Å². The number of fused-ring (bicyclic) bond motifs is 2. The molecule has 9 heteroatoms. The molecule has 180 valence electrons. The molecule has 0 spiro atoms. The monoisotopic (exact) mass is 480 g/mol. The van der Waals surface area contributed by atoms with E-state index < -0.39 is 11.7 Å². The minimum Gasteiger partial charge on any atom is -0.348 e. The van der Waals surface area contributed by atoms with E-state index in [-0.39, 0.29) is 24.1 Å². The van der Waals surface area contributed by atoms with Gasteiger partial charge in [0.2, 0.25) is 5.91 Å². The Labute approximate surface area is 199 Å². The molecule has 2 heterocycles. The van der Waals surface area contributed by atoms with Gasteiger partial charge < -0.3 is 9.88 Å². The third kappa shape index (κ3) is 4.34. The van der Waals surface area contributed by atoms with Crippen LogP contribution in [0.25, 0.3) is 16.5 Å². The molecule has 0 unspecified atom stereocenters. The molecule has 0 radical (unpaired) electrons. The van der Waals surface area contributed by atoms with Gasteiger partial charge in [-0.2, -0.15) is 18.3 Å². The van der Waals surface area contributed by atoms with Crippen molar-refractivity contribution in [3.05, 3.63) is 93.7 Å². The summed E-state index contributed by atoms with van der Waals surface area (Å²) in [7, 11) is 0. The first-order valence-electron chi connectivity index (χ1n) is 11.4. The van der Waals surface area contributed by atoms with Crippen molar-refractivity contribution in [2.75, 3.05) is 0 Å². The maximum absolute atomic E-state index is 13.3. The normalized spacial score (nSPS) is 15.7. The first kappa shape index (κ1) is 22.9. The van der Waals surface area contributed by atoms with E-state index in [2.05, 4.69) is 10.4 Å². The average molecular weight is 480 g/mol. The summed E-state index contributed by atoms with van der Waals surface area (Å²) in [5.41, 5.74) is 1.97. The van der Waals surface area contributed by atoms with Crippen LogP contribution in [0, 0.1) is 6.92 Å². The van der Waals surface area contributed by atoms with E-state index in [0.29, 0.717) is 29.3 Å². The number of hydrogen-bond acceptors (Lipinski definition) is 3. The van der Waals surface area contributed by atoms with Crippen LogP contribution in [0.4, 0.5) is 13.2 Å². The smallest absolute Gasteiger partial charge is 0.348 e. The molecule has 35 heavy (non-hydrogen) atoms. The van der Waals surface area contributed by atoms with Gasteiger partial charge in [-0.05, 0) is 62.1 Å². The second-order valence-corrected chi connectivity index (χ2v) is 8.78. The van der Waals surface area contributed by atoms with Gasteiger partial charge in [-0.25, -0.2) is 4.68 Å². The Bertz CT molecular complexity index is 1490. The Balaban J connectivity index is 1.41. The van der Waals surface area contributed by atoms with Gasteiger partial charge in [-0.3, -0.25) is 9.59 Å². The van der Waals surface area contributed by atoms with E-state index in [1.54, 1.807) is 30.5 Å². The molecule has 5 rings (SSSR count). The number of amides is 1. The van der Waals surface area contributed by atoms with Crippen LogP contribution >= 0.6 is 0 Å². The molecule has 0 aliphatic heterocycles. The molecule has 1 amide bonds. The lowest BCUT2D eigenvalue weighted by Crippen LogP contribution is -2.36. The van der Waals surface area contributed by atoms with Gasteiger partial charge in [-0.15, -0.1) is 0 Å². The maximum Gasteiger partial charge on any atom is 0.416 e. The number of aryl methyl sites for hydroxylation is 1. The van der Waals surface area contributed by atoms with Crippen molar-refractivity contribution < 1.29 is 18.0 Å². The Morgan fingerprint density at radius 3 is 2.74 bits per heavy atom. The zero-order valence-corrected chi connectivity index (χ0v) is 19.0. The fourth-order valence-corrected chi connectivity index (χ4v) is 4.85. The lowest BCUT2D eigenvalue weighted by atomic mass is 9.92. The highest BCUT2D eigenvalue weighted by molar-refractivity contribution is 5.81. The molecule has 4 aromatic rings. The van der Waals surface area contributed by atoms with Gasteiger partial charge in [0.05, 0.1) is 23.2 Å². The zero-order valence-electron chi connectivity index (χ0n) is 19.0. The first-order valence-corrected chi connectivity index (χ1v) is 11.4. The quantitative estimate of drug-likeness (QED) is 0.460. The second kappa shape index (κ2) is 8.72. The van der Waals surface area contributed by atoms with Crippen LogP contribution in [-0.2, 0) is 23.9 Å². The summed E-state index contributed by atoms with van der Waals surface area (Å²) in [4.78, 5) is 25.5. The SMILES string of the molecule is Cc1cc2c(n1-c1cccc(C(F)(F)F)c1)CCC[C@H]2NC(=O)Cn1ncc2ccccc2c1=O. The van der Waals surface area contributed by atoms with E-state index in [4.69, 9.17) is 0 Å². The van der Waals surface area contributed by atoms with Gasteiger partial charge in [-0.1, -0.05) is 24.3 Å². The van der Waals surface area contributed by atoms with Gasteiger partial charge >= 0.3 is 6.18 Å². The highest BCUT2D eigenvalue weighted by atomic mass is 19.4. The predicted molar refractivity (Wildman–Crippen MR) is 125 cm³/mol. The summed E-state index contributed by atoms with van der Waals surface area (Å²) in [6.07, 6.45) is -0.708. The zero-order chi connectivity index (χ0) is 24.7. The van der Waals surface area contributed by atoms with E-state index >= 15 is 0 Å². The van der Waals surface area contributed by atoms with E-state index in [0.717, 1.165) is 40.2 Å². The van der Waals surface area contributed by atoms with E-state index in [9.17, 15) is 22.8 Å². The Hall–Kier alpha value is -3.88. The first-order chi connectivity index (χ1) is 16.7. The Morgan fingerprint density at radius 1 is 1.14 bits per heavy atom. The Kier molecular flexibility index (Phi) is 5.70. The number of aromatic nitrogens is 3. The van der Waals surface area contributed by atoms with Gasteiger partial charge in [0, 0.05) is 22.5 Å². The number of rotatable bonds is 4. The van der Waals surface area contributed by atoms with Crippen molar-refractivity contribution in [2.24, 2.45) is 0 Å². The lowest BCUT2D eigenvalue weighted by molar-refractivity contribution is -0.137. The fraction of sp³-hybridized carbons (Fsp3) is 0.269. The van der Waals surface area contributed by atoms with Crippen molar-refractivity contribution in [3.8, 4) is 5.69 Å². The van der Waals surface area contributed by atoms with Crippen molar-refractivity contribution in [2.45, 2.75) is 44.9 Å². The van der Waals surface area contributed by atoms with Crippen LogP contribution < -0.4 is 10.9 Å². The molecule has 1 N–H and O–H groups in total. The van der Waals surface area contributed by atoms with Crippen LogP contribution in [0.2, 0.25) is 0 Å². The number of carbonyl (C=O) groups excluding carboxylic acids is 1. The minimum absolute atomic E-state index is 0.219. The fourth-order valence-electron chi connectivity index (χ4n) is 4.85. The molecule has 1 aliphatic carbocycles. The molecule has 1 aliphatic rings. The number of hydrogen-bond donors (Lipinski definition) is 1. The molecule has 6 nitrogen and oxygen atoms in total. The van der Waals surface area contributed by atoms with E-state index in [1.807, 2.05) is 23.6 Å². The van der Waals surface area contributed by atoms with Crippen molar-refractivity contribution >= 4 is 16.7 Å². The number of nitrogens with zero attached hydrogens (tertiary/aromatic N) is 3. The summed E-state index contributed by atoms with van der Waals surface area (Å²) < 4.78 is 42.8. The summed E-state index contributed by atoms with van der Waals surface area (Å²) in [6.45, 7) is 1.62. The highest BCUT2D eigenvalue weighted by Gasteiger charge is 2.31. The number of carbonyl (C=O) groups is 1. The molecule has 2 aromatic carbocycles. The van der Waals surface area contributed by atoms with Gasteiger partial charge in [0.1, 0.15) is 6.54 Å². The molecule has 0 fully saturated rings. The largest absolute Gasteiger partial charge is 0.416 e. The minimum atomic E-state index is -4.43. The molecule has 1 atom stereocenters. The van der Waals surface area contributed by atoms with Crippen molar-refractivity contribution in [1.82, 2.24) is 19.7 Å². The summed E-state index contributed by atoms with van der Waals surface area (Å²) in [5, 5.41) is 8.31. The van der Waals surface area contributed by atoms with Crippen LogP contribution in [0.15, 0.2) is 65.6 Å². The number of nitrogens with one attached hydrogen (secondary N) is 1. The highest BCUT2D eigenvalue weighted by Crippen LogP contribution is 2.36. The number of alkyl halides is 3. The summed E-state index contributed by atoms with van der Waals surface area (Å²) in [6, 6.07) is 13.9. The third-order valence-corrected chi connectivity index (χ3v) is 6.42. The average Bonchev–Trinajstić information content (AvgIpc) is 3.17. The predicted octanol–water partition coefficient (Wildman–Crippen LogP) is 4.71. The molecular formula is C26H23F3N4O2. The van der Waals surface area contributed by atoms with Gasteiger partial charge in [0.15, 0.2) is 0 Å². The molecule has 0 bridgehead atoms. The number of benzene rings is 2. The van der Waals surface area contributed by atoms with E-state index in [1.165, 1.54) is 6.07 Å². The van der Waals surface area contributed by atoms with Gasteiger partial charge in [0.25, 0.3) is 5.56 Å². The van der Waals surface area contributed by atoms with Crippen LogP contribution in [0.5, 0.6) is 0 Å². The second-order valence-electron chi connectivity index (χ2n) is 8.78. The molecular weight excluding hydrogens is 457 g/mol. The molecule has 0 saturated carbocycles. The van der Waals surface area contributed by atoms with Crippen molar-refractivity contribution in [3.63, 3.8) is 0 Å². The maximum atomic E-state index is 13.3. The Morgan fingerprint density at radius 2 is 1.94 bits per heavy atom. The standard InChI is InChI=1S/C26H23F3N4O2/c1-16-12-21-22(31-24(34)15-32-25(35)20-9-3-2-6-17(20)14-30-32)10-5-11-23(21)33(16)19-8-4-7-18(13-19)26(27,28)29/h2-4,6-9,12-14,22H,5,10-11,15H2,1H3,(H,31,34)/t22-/m1/s1. The molecule has 2 aromatic heterocycles. The third-order valence-electron chi connectivity index (χ3n) is 6.42. The van der Waals surface area contributed by atoms with Crippen LogP contribution in [-0.4, -0.2) is 20.3 Å².